The van der Waals surface area contributed by atoms with Gasteiger partial charge in [0.1, 0.15) is 0 Å². The van der Waals surface area contributed by atoms with Gasteiger partial charge in [0, 0.05) is 25.7 Å². The van der Waals surface area contributed by atoms with E-state index in [9.17, 15) is 9.59 Å². The highest BCUT2D eigenvalue weighted by molar-refractivity contribution is 5.84. The molecule has 1 unspecified atom stereocenters. The van der Waals surface area contributed by atoms with Gasteiger partial charge in [-0.25, -0.2) is 4.79 Å². The highest BCUT2D eigenvalue weighted by atomic mass is 16.2. The zero-order valence-electron chi connectivity index (χ0n) is 13.9. The van der Waals surface area contributed by atoms with E-state index in [1.807, 2.05) is 25.1 Å². The summed E-state index contributed by atoms with van der Waals surface area (Å²) >= 11 is 0. The van der Waals surface area contributed by atoms with E-state index < -0.39 is 5.41 Å². The van der Waals surface area contributed by atoms with Crippen molar-refractivity contribution in [3.05, 3.63) is 35.9 Å². The Morgan fingerprint density at radius 3 is 2.48 bits per heavy atom. The molecular formula is C18H25N3O2. The molecule has 5 nitrogen and oxygen atoms in total. The molecule has 2 fully saturated rings. The van der Waals surface area contributed by atoms with Crippen molar-refractivity contribution < 1.29 is 9.59 Å². The minimum Gasteiger partial charge on any atom is -0.359 e. The molecule has 124 valence electrons. The van der Waals surface area contributed by atoms with Gasteiger partial charge in [-0.2, -0.15) is 0 Å². The van der Waals surface area contributed by atoms with E-state index in [2.05, 4.69) is 22.8 Å². The summed E-state index contributed by atoms with van der Waals surface area (Å²) < 4.78 is 0. The fourth-order valence-electron chi connectivity index (χ4n) is 3.41. The van der Waals surface area contributed by atoms with E-state index in [0.717, 1.165) is 19.3 Å². The zero-order valence-corrected chi connectivity index (χ0v) is 13.9. The maximum absolute atomic E-state index is 12.6. The van der Waals surface area contributed by atoms with Crippen LogP contribution in [0.15, 0.2) is 30.3 Å². The zero-order chi connectivity index (χ0) is 16.5. The third-order valence-corrected chi connectivity index (χ3v) is 5.15. The quantitative estimate of drug-likeness (QED) is 0.892. The van der Waals surface area contributed by atoms with Crippen molar-refractivity contribution in [2.45, 2.75) is 38.1 Å². The average molecular weight is 315 g/mol. The van der Waals surface area contributed by atoms with Crippen LogP contribution in [-0.2, 0) is 11.2 Å². The van der Waals surface area contributed by atoms with Gasteiger partial charge in [0.2, 0.25) is 5.91 Å². The van der Waals surface area contributed by atoms with E-state index in [1.54, 1.807) is 11.9 Å². The van der Waals surface area contributed by atoms with Gasteiger partial charge in [-0.1, -0.05) is 30.3 Å². The fourth-order valence-corrected chi connectivity index (χ4v) is 3.41. The second-order valence-electron chi connectivity index (χ2n) is 7.18. The molecule has 1 aliphatic carbocycles. The van der Waals surface area contributed by atoms with Crippen LogP contribution in [0.5, 0.6) is 0 Å². The van der Waals surface area contributed by atoms with Crippen LogP contribution in [-0.4, -0.2) is 42.5 Å². The summed E-state index contributed by atoms with van der Waals surface area (Å²) in [4.78, 5) is 26.3. The molecule has 3 amide bonds. The highest BCUT2D eigenvalue weighted by Crippen LogP contribution is 2.39. The lowest BCUT2D eigenvalue weighted by atomic mass is 9.89. The number of hydrogen-bond donors (Lipinski definition) is 2. The summed E-state index contributed by atoms with van der Waals surface area (Å²) in [5, 5.41) is 5.91. The van der Waals surface area contributed by atoms with Gasteiger partial charge >= 0.3 is 6.03 Å². The number of likely N-dealkylation sites (tertiary alicyclic amines) is 1. The van der Waals surface area contributed by atoms with Crippen LogP contribution in [0.1, 0.15) is 31.7 Å². The minimum atomic E-state index is -0.470. The number of nitrogens with one attached hydrogen (secondary N) is 2. The Labute approximate surface area is 137 Å². The first-order valence-electron chi connectivity index (χ1n) is 8.30. The maximum atomic E-state index is 12.6. The number of urea groups is 1. The number of amides is 3. The van der Waals surface area contributed by atoms with Gasteiger partial charge in [0.15, 0.2) is 0 Å². The van der Waals surface area contributed by atoms with Crippen molar-refractivity contribution in [3.8, 4) is 0 Å². The van der Waals surface area contributed by atoms with Gasteiger partial charge < -0.3 is 15.5 Å². The van der Waals surface area contributed by atoms with Crippen molar-refractivity contribution in [1.29, 1.82) is 0 Å². The molecule has 1 aromatic carbocycles. The largest absolute Gasteiger partial charge is 0.359 e. The van der Waals surface area contributed by atoms with Crippen LogP contribution in [0.4, 0.5) is 4.79 Å². The molecule has 1 aliphatic heterocycles. The standard InChI is InChI=1S/C18H25N3O2/c1-17(15(22)19-2)10-11-21(13-17)16(23)20-18(8-9-18)12-14-6-4-3-5-7-14/h3-7H,8-13H2,1-2H3,(H,19,22)(H,20,23). The molecule has 2 N–H and O–H groups in total. The topological polar surface area (TPSA) is 61.4 Å². The summed E-state index contributed by atoms with van der Waals surface area (Å²) in [7, 11) is 1.65. The smallest absolute Gasteiger partial charge is 0.317 e. The Hall–Kier alpha value is -2.04. The molecule has 23 heavy (non-hydrogen) atoms. The second kappa shape index (κ2) is 5.87. The molecule has 5 heteroatoms. The Kier molecular flexibility index (Phi) is 4.04. The number of rotatable bonds is 4. The molecule has 0 bridgehead atoms. The van der Waals surface area contributed by atoms with E-state index in [4.69, 9.17) is 0 Å². The predicted molar refractivity (Wildman–Crippen MR) is 89.0 cm³/mol. The van der Waals surface area contributed by atoms with Gasteiger partial charge in [0.25, 0.3) is 0 Å². The number of hydrogen-bond acceptors (Lipinski definition) is 2. The summed E-state index contributed by atoms with van der Waals surface area (Å²) in [5.41, 5.74) is 0.689. The lowest BCUT2D eigenvalue weighted by molar-refractivity contribution is -0.128. The maximum Gasteiger partial charge on any atom is 0.317 e. The minimum absolute atomic E-state index is 0.0122. The van der Waals surface area contributed by atoms with Crippen LogP contribution in [0.3, 0.4) is 0 Å². The van der Waals surface area contributed by atoms with E-state index in [-0.39, 0.29) is 17.5 Å². The Bertz CT molecular complexity index is 598. The Morgan fingerprint density at radius 2 is 1.87 bits per heavy atom. The van der Waals surface area contributed by atoms with Gasteiger partial charge in [-0.15, -0.1) is 0 Å². The van der Waals surface area contributed by atoms with Gasteiger partial charge in [0.05, 0.1) is 5.41 Å². The van der Waals surface area contributed by atoms with Crippen molar-refractivity contribution in [2.24, 2.45) is 5.41 Å². The summed E-state index contributed by atoms with van der Waals surface area (Å²) in [6, 6.07) is 10.2. The molecule has 0 radical (unpaired) electrons. The molecule has 1 aromatic rings. The van der Waals surface area contributed by atoms with Crippen molar-refractivity contribution >= 4 is 11.9 Å². The molecular weight excluding hydrogens is 290 g/mol. The predicted octanol–water partition coefficient (Wildman–Crippen LogP) is 1.93. The number of nitrogens with zero attached hydrogens (tertiary/aromatic N) is 1. The van der Waals surface area contributed by atoms with Crippen LogP contribution < -0.4 is 10.6 Å². The second-order valence-corrected chi connectivity index (χ2v) is 7.18. The van der Waals surface area contributed by atoms with Crippen molar-refractivity contribution in [1.82, 2.24) is 15.5 Å². The average Bonchev–Trinajstić information content (AvgIpc) is 3.17. The summed E-state index contributed by atoms with van der Waals surface area (Å²) in [6.07, 6.45) is 3.63. The molecule has 0 spiro atoms. The first-order chi connectivity index (χ1) is 11.0. The Morgan fingerprint density at radius 1 is 1.17 bits per heavy atom. The van der Waals surface area contributed by atoms with Crippen molar-refractivity contribution in [3.63, 3.8) is 0 Å². The van der Waals surface area contributed by atoms with Crippen LogP contribution in [0, 0.1) is 5.41 Å². The third-order valence-electron chi connectivity index (χ3n) is 5.15. The van der Waals surface area contributed by atoms with E-state index in [1.165, 1.54) is 5.56 Å². The molecule has 3 rings (SSSR count). The normalized spacial score (nSPS) is 25.0. The van der Waals surface area contributed by atoms with E-state index >= 15 is 0 Å². The third kappa shape index (κ3) is 3.33. The first-order valence-corrected chi connectivity index (χ1v) is 8.30. The van der Waals surface area contributed by atoms with Crippen LogP contribution in [0.2, 0.25) is 0 Å². The SMILES string of the molecule is CNC(=O)C1(C)CCN(C(=O)NC2(Cc3ccccc3)CC2)C1. The van der Waals surface area contributed by atoms with Crippen LogP contribution in [0.25, 0.3) is 0 Å². The fraction of sp³-hybridized carbons (Fsp3) is 0.556. The monoisotopic (exact) mass is 315 g/mol. The lowest BCUT2D eigenvalue weighted by Crippen LogP contribution is -2.48. The molecule has 1 saturated heterocycles. The molecule has 1 heterocycles. The molecule has 1 atom stereocenters. The van der Waals surface area contributed by atoms with Gasteiger partial charge in [-0.05, 0) is 38.2 Å². The molecule has 1 saturated carbocycles. The summed E-state index contributed by atoms with van der Waals surface area (Å²) in [5.74, 6) is 0.0122. The first kappa shape index (κ1) is 15.8. The summed E-state index contributed by atoms with van der Waals surface area (Å²) in [6.45, 7) is 3.05. The van der Waals surface area contributed by atoms with E-state index in [0.29, 0.717) is 19.5 Å². The highest BCUT2D eigenvalue weighted by Gasteiger charge is 2.47. The number of benzene rings is 1. The van der Waals surface area contributed by atoms with Gasteiger partial charge in [-0.3, -0.25) is 4.79 Å². The van der Waals surface area contributed by atoms with Crippen LogP contribution >= 0.6 is 0 Å². The number of carbonyl (C=O) groups excluding carboxylic acids is 2. The lowest BCUT2D eigenvalue weighted by Gasteiger charge is -2.25. The molecule has 2 aliphatic rings. The van der Waals surface area contributed by atoms with Crippen molar-refractivity contribution in [2.75, 3.05) is 20.1 Å². The Balaban J connectivity index is 1.59. The number of carbonyl (C=O) groups is 2. The molecule has 0 aromatic heterocycles.